The maximum Gasteiger partial charge on any atom is 0.260 e. The van der Waals surface area contributed by atoms with Crippen molar-refractivity contribution in [3.05, 3.63) is 30.1 Å². The standard InChI is InChI=1S/C16H22FN3O3S/c1-24(22,23)20(15-10-8-13(17)9-11-15)12-16(21)19-18-14-6-4-2-3-5-7-14/h8-11H,2-7,12H2,1H3,(H,19,21). The molecule has 0 aliphatic heterocycles. The second kappa shape index (κ2) is 8.23. The molecule has 0 aromatic heterocycles. The Labute approximate surface area is 141 Å². The Kier molecular flexibility index (Phi) is 6.30. The van der Waals surface area contributed by atoms with Crippen molar-refractivity contribution >= 4 is 27.3 Å². The molecule has 2 rings (SSSR count). The van der Waals surface area contributed by atoms with Crippen LogP contribution in [0.25, 0.3) is 0 Å². The molecule has 0 saturated heterocycles. The Morgan fingerprint density at radius 1 is 1.17 bits per heavy atom. The van der Waals surface area contributed by atoms with E-state index in [1.165, 1.54) is 25.0 Å². The van der Waals surface area contributed by atoms with E-state index in [-0.39, 0.29) is 5.69 Å². The van der Waals surface area contributed by atoms with Crippen molar-refractivity contribution in [1.29, 1.82) is 0 Å². The number of amides is 1. The molecule has 1 amide bonds. The van der Waals surface area contributed by atoms with Crippen LogP contribution in [-0.2, 0) is 14.8 Å². The first-order valence-electron chi connectivity index (χ1n) is 7.94. The molecule has 132 valence electrons. The first-order valence-corrected chi connectivity index (χ1v) is 9.78. The fourth-order valence-corrected chi connectivity index (χ4v) is 3.42. The zero-order valence-corrected chi connectivity index (χ0v) is 14.5. The summed E-state index contributed by atoms with van der Waals surface area (Å²) in [5, 5.41) is 4.12. The Hall–Kier alpha value is -1.96. The quantitative estimate of drug-likeness (QED) is 0.651. The largest absolute Gasteiger partial charge is 0.271 e. The van der Waals surface area contributed by atoms with Crippen molar-refractivity contribution in [1.82, 2.24) is 5.43 Å². The summed E-state index contributed by atoms with van der Waals surface area (Å²) in [6.07, 6.45) is 7.15. The Morgan fingerprint density at radius 2 is 1.75 bits per heavy atom. The molecule has 6 nitrogen and oxygen atoms in total. The summed E-state index contributed by atoms with van der Waals surface area (Å²) in [5.74, 6) is -1.00. The molecule has 0 heterocycles. The van der Waals surface area contributed by atoms with Crippen molar-refractivity contribution in [3.63, 3.8) is 0 Å². The lowest BCUT2D eigenvalue weighted by Gasteiger charge is -2.21. The number of carbonyl (C=O) groups excluding carboxylic acids is 1. The predicted octanol–water partition coefficient (Wildman–Crippen LogP) is 2.42. The van der Waals surface area contributed by atoms with E-state index in [0.29, 0.717) is 0 Å². The molecule has 0 atom stereocenters. The van der Waals surface area contributed by atoms with Crippen LogP contribution in [0.5, 0.6) is 0 Å². The molecule has 1 aliphatic carbocycles. The molecule has 1 aromatic rings. The molecular formula is C16H22FN3O3S. The first kappa shape index (κ1) is 18.4. The fraction of sp³-hybridized carbons (Fsp3) is 0.500. The summed E-state index contributed by atoms with van der Waals surface area (Å²) in [6.45, 7) is -0.402. The Balaban J connectivity index is 2.05. The molecular weight excluding hydrogens is 333 g/mol. The van der Waals surface area contributed by atoms with Gasteiger partial charge < -0.3 is 0 Å². The minimum atomic E-state index is -3.67. The summed E-state index contributed by atoms with van der Waals surface area (Å²) >= 11 is 0. The summed E-state index contributed by atoms with van der Waals surface area (Å²) < 4.78 is 37.8. The minimum Gasteiger partial charge on any atom is -0.271 e. The topological polar surface area (TPSA) is 78.8 Å². The molecule has 0 spiro atoms. The monoisotopic (exact) mass is 355 g/mol. The molecule has 8 heteroatoms. The summed E-state index contributed by atoms with van der Waals surface area (Å²) in [4.78, 5) is 12.1. The van der Waals surface area contributed by atoms with Gasteiger partial charge in [-0.1, -0.05) is 12.8 Å². The van der Waals surface area contributed by atoms with Crippen molar-refractivity contribution in [2.75, 3.05) is 17.1 Å². The van der Waals surface area contributed by atoms with E-state index in [9.17, 15) is 17.6 Å². The van der Waals surface area contributed by atoms with Gasteiger partial charge in [-0.05, 0) is 49.9 Å². The van der Waals surface area contributed by atoms with E-state index in [4.69, 9.17) is 0 Å². The van der Waals surface area contributed by atoms with Crippen LogP contribution in [0.2, 0.25) is 0 Å². The van der Waals surface area contributed by atoms with E-state index in [1.54, 1.807) is 0 Å². The van der Waals surface area contributed by atoms with Crippen LogP contribution in [-0.4, -0.2) is 32.8 Å². The number of hydrazone groups is 1. The van der Waals surface area contributed by atoms with Gasteiger partial charge >= 0.3 is 0 Å². The number of hydrogen-bond acceptors (Lipinski definition) is 4. The van der Waals surface area contributed by atoms with Crippen molar-refractivity contribution in [2.45, 2.75) is 38.5 Å². The van der Waals surface area contributed by atoms with Gasteiger partial charge in [0, 0.05) is 5.71 Å². The SMILES string of the molecule is CS(=O)(=O)N(CC(=O)NN=C1CCCCCC1)c1ccc(F)cc1. The number of carbonyl (C=O) groups is 1. The number of rotatable bonds is 5. The van der Waals surface area contributed by atoms with Gasteiger partial charge in [0.25, 0.3) is 5.91 Å². The lowest BCUT2D eigenvalue weighted by atomic mass is 10.2. The van der Waals surface area contributed by atoms with Gasteiger partial charge in [-0.2, -0.15) is 5.10 Å². The average molecular weight is 355 g/mol. The second-order valence-corrected chi connectivity index (χ2v) is 7.78. The van der Waals surface area contributed by atoms with Crippen LogP contribution < -0.4 is 9.73 Å². The number of sulfonamides is 1. The fourth-order valence-electron chi connectivity index (χ4n) is 2.56. The smallest absolute Gasteiger partial charge is 0.260 e. The summed E-state index contributed by atoms with van der Waals surface area (Å²) in [7, 11) is -3.67. The van der Waals surface area contributed by atoms with Crippen LogP contribution in [0.15, 0.2) is 29.4 Å². The highest BCUT2D eigenvalue weighted by Gasteiger charge is 2.21. The molecule has 1 aromatic carbocycles. The van der Waals surface area contributed by atoms with Gasteiger partial charge in [0.2, 0.25) is 10.0 Å². The third kappa shape index (κ3) is 5.59. The molecule has 1 fully saturated rings. The van der Waals surface area contributed by atoms with Crippen LogP contribution in [0, 0.1) is 5.82 Å². The zero-order valence-electron chi connectivity index (χ0n) is 13.7. The van der Waals surface area contributed by atoms with Gasteiger partial charge in [-0.15, -0.1) is 0 Å². The van der Waals surface area contributed by atoms with E-state index in [2.05, 4.69) is 10.5 Å². The number of anilines is 1. The lowest BCUT2D eigenvalue weighted by molar-refractivity contribution is -0.119. The van der Waals surface area contributed by atoms with E-state index in [1.807, 2.05) is 0 Å². The normalized spacial score (nSPS) is 15.5. The molecule has 1 saturated carbocycles. The summed E-state index contributed by atoms with van der Waals surface area (Å²) in [5.41, 5.74) is 3.60. The molecule has 24 heavy (non-hydrogen) atoms. The van der Waals surface area contributed by atoms with E-state index in [0.717, 1.165) is 54.1 Å². The summed E-state index contributed by atoms with van der Waals surface area (Å²) in [6, 6.07) is 4.94. The Morgan fingerprint density at radius 3 is 2.29 bits per heavy atom. The minimum absolute atomic E-state index is 0.233. The highest BCUT2D eigenvalue weighted by molar-refractivity contribution is 7.92. The average Bonchev–Trinajstić information content (AvgIpc) is 2.79. The zero-order chi connectivity index (χ0) is 17.6. The van der Waals surface area contributed by atoms with Gasteiger partial charge in [-0.3, -0.25) is 9.10 Å². The predicted molar refractivity (Wildman–Crippen MR) is 91.9 cm³/mol. The Bertz CT molecular complexity index is 692. The molecule has 0 bridgehead atoms. The van der Waals surface area contributed by atoms with Gasteiger partial charge in [0.15, 0.2) is 0 Å². The number of halogens is 1. The van der Waals surface area contributed by atoms with Crippen molar-refractivity contribution in [2.24, 2.45) is 5.10 Å². The number of hydrogen-bond donors (Lipinski definition) is 1. The maximum absolute atomic E-state index is 13.0. The second-order valence-electron chi connectivity index (χ2n) is 5.87. The van der Waals surface area contributed by atoms with Crippen LogP contribution in [0.3, 0.4) is 0 Å². The molecule has 1 N–H and O–H groups in total. The third-order valence-electron chi connectivity index (χ3n) is 3.82. The van der Waals surface area contributed by atoms with Gasteiger partial charge in [0.1, 0.15) is 12.4 Å². The van der Waals surface area contributed by atoms with Crippen molar-refractivity contribution < 1.29 is 17.6 Å². The molecule has 0 unspecified atom stereocenters. The highest BCUT2D eigenvalue weighted by atomic mass is 32.2. The maximum atomic E-state index is 13.0. The number of nitrogens with one attached hydrogen (secondary N) is 1. The number of benzene rings is 1. The first-order chi connectivity index (χ1) is 11.4. The highest BCUT2D eigenvalue weighted by Crippen LogP contribution is 2.18. The van der Waals surface area contributed by atoms with Gasteiger partial charge in [0.05, 0.1) is 11.9 Å². The van der Waals surface area contributed by atoms with Crippen LogP contribution in [0.1, 0.15) is 38.5 Å². The number of nitrogens with zero attached hydrogens (tertiary/aromatic N) is 2. The van der Waals surface area contributed by atoms with Crippen LogP contribution >= 0.6 is 0 Å². The third-order valence-corrected chi connectivity index (χ3v) is 4.96. The lowest BCUT2D eigenvalue weighted by Crippen LogP contribution is -2.39. The van der Waals surface area contributed by atoms with Crippen molar-refractivity contribution in [3.8, 4) is 0 Å². The van der Waals surface area contributed by atoms with Gasteiger partial charge in [-0.25, -0.2) is 18.2 Å². The van der Waals surface area contributed by atoms with E-state index < -0.39 is 28.3 Å². The van der Waals surface area contributed by atoms with E-state index >= 15 is 0 Å². The van der Waals surface area contributed by atoms with Crippen LogP contribution in [0.4, 0.5) is 10.1 Å². The molecule has 0 radical (unpaired) electrons. The molecule has 1 aliphatic rings.